The van der Waals surface area contributed by atoms with Crippen molar-refractivity contribution in [3.63, 3.8) is 0 Å². The molecule has 0 radical (unpaired) electrons. The van der Waals surface area contributed by atoms with Gasteiger partial charge in [0, 0.05) is 18.1 Å². The van der Waals surface area contributed by atoms with Crippen molar-refractivity contribution in [1.82, 2.24) is 15.3 Å². The van der Waals surface area contributed by atoms with Crippen LogP contribution in [0.15, 0.2) is 23.6 Å². The standard InChI is InChI=1S/C12H19N3O2S/c1-3-6-13-10(11(16)17-4-2)9-18-12-14-7-5-8-15-12/h5,7-8,10,13H,3-4,6,9H2,1-2H3. The van der Waals surface area contributed by atoms with Crippen molar-refractivity contribution < 1.29 is 9.53 Å². The first-order chi connectivity index (χ1) is 8.77. The summed E-state index contributed by atoms with van der Waals surface area (Å²) in [4.78, 5) is 19.9. The number of aromatic nitrogens is 2. The molecule has 0 amide bonds. The molecular formula is C12H19N3O2S. The van der Waals surface area contributed by atoms with E-state index in [1.54, 1.807) is 18.5 Å². The van der Waals surface area contributed by atoms with Crippen molar-refractivity contribution in [2.45, 2.75) is 31.5 Å². The Hall–Kier alpha value is -1.14. The summed E-state index contributed by atoms with van der Waals surface area (Å²) in [6.45, 7) is 5.06. The van der Waals surface area contributed by atoms with E-state index in [9.17, 15) is 4.79 Å². The second-order valence-electron chi connectivity index (χ2n) is 3.60. The van der Waals surface area contributed by atoms with Crippen molar-refractivity contribution in [3.05, 3.63) is 18.5 Å². The minimum atomic E-state index is -0.307. The Bertz CT molecular complexity index is 348. The molecule has 1 N–H and O–H groups in total. The summed E-state index contributed by atoms with van der Waals surface area (Å²) in [5.74, 6) is 0.359. The highest BCUT2D eigenvalue weighted by Crippen LogP contribution is 2.13. The number of carbonyl (C=O) groups excluding carboxylic acids is 1. The minimum absolute atomic E-state index is 0.214. The van der Waals surface area contributed by atoms with Crippen LogP contribution in [0.5, 0.6) is 0 Å². The van der Waals surface area contributed by atoms with E-state index in [-0.39, 0.29) is 12.0 Å². The van der Waals surface area contributed by atoms with E-state index in [1.807, 2.05) is 6.92 Å². The number of ether oxygens (including phenoxy) is 1. The third kappa shape index (κ3) is 5.46. The van der Waals surface area contributed by atoms with Crippen LogP contribution < -0.4 is 5.32 Å². The Kier molecular flexibility index (Phi) is 7.36. The zero-order valence-corrected chi connectivity index (χ0v) is 11.6. The Morgan fingerprint density at radius 3 is 2.78 bits per heavy atom. The van der Waals surface area contributed by atoms with Crippen LogP contribution in [0.25, 0.3) is 0 Å². The summed E-state index contributed by atoms with van der Waals surface area (Å²) >= 11 is 1.45. The van der Waals surface area contributed by atoms with Crippen LogP contribution in [0.2, 0.25) is 0 Å². The predicted octanol–water partition coefficient (Wildman–Crippen LogP) is 1.50. The van der Waals surface area contributed by atoms with Crippen molar-refractivity contribution in [2.24, 2.45) is 0 Å². The van der Waals surface area contributed by atoms with Crippen LogP contribution in [0.1, 0.15) is 20.3 Å². The summed E-state index contributed by atoms with van der Waals surface area (Å²) < 4.78 is 5.03. The normalized spacial score (nSPS) is 12.1. The molecule has 1 unspecified atom stereocenters. The summed E-state index contributed by atoms with van der Waals surface area (Å²) in [7, 11) is 0. The number of carbonyl (C=O) groups is 1. The van der Waals surface area contributed by atoms with Crippen LogP contribution in [0.3, 0.4) is 0 Å². The second kappa shape index (κ2) is 8.88. The molecule has 1 atom stereocenters. The highest BCUT2D eigenvalue weighted by molar-refractivity contribution is 7.99. The van der Waals surface area contributed by atoms with Gasteiger partial charge >= 0.3 is 5.97 Å². The summed E-state index contributed by atoms with van der Waals surface area (Å²) in [6.07, 6.45) is 4.35. The van der Waals surface area contributed by atoms with Gasteiger partial charge in [0.25, 0.3) is 0 Å². The lowest BCUT2D eigenvalue weighted by molar-refractivity contribution is -0.144. The number of hydrogen-bond donors (Lipinski definition) is 1. The fourth-order valence-corrected chi connectivity index (χ4v) is 2.13. The van der Waals surface area contributed by atoms with Gasteiger partial charge in [-0.3, -0.25) is 4.79 Å². The van der Waals surface area contributed by atoms with Gasteiger partial charge in [-0.05, 0) is 26.0 Å². The fourth-order valence-electron chi connectivity index (χ4n) is 1.29. The quantitative estimate of drug-likeness (QED) is 0.438. The average Bonchev–Trinajstić information content (AvgIpc) is 2.40. The highest BCUT2D eigenvalue weighted by atomic mass is 32.2. The lowest BCUT2D eigenvalue weighted by Gasteiger charge is -2.15. The first-order valence-corrected chi connectivity index (χ1v) is 7.06. The van der Waals surface area contributed by atoms with Gasteiger partial charge in [0.1, 0.15) is 6.04 Å². The average molecular weight is 269 g/mol. The van der Waals surface area contributed by atoms with Gasteiger partial charge in [-0.15, -0.1) is 0 Å². The summed E-state index contributed by atoms with van der Waals surface area (Å²) in [6, 6.07) is 1.46. The molecule has 1 aromatic rings. The van der Waals surface area contributed by atoms with E-state index in [2.05, 4.69) is 22.2 Å². The minimum Gasteiger partial charge on any atom is -0.465 e. The van der Waals surface area contributed by atoms with E-state index in [0.717, 1.165) is 13.0 Å². The fraction of sp³-hybridized carbons (Fsp3) is 0.583. The van der Waals surface area contributed by atoms with Crippen LogP contribution in [0.4, 0.5) is 0 Å². The van der Waals surface area contributed by atoms with Gasteiger partial charge < -0.3 is 10.1 Å². The number of nitrogens with one attached hydrogen (secondary N) is 1. The van der Waals surface area contributed by atoms with E-state index >= 15 is 0 Å². The zero-order valence-electron chi connectivity index (χ0n) is 10.8. The molecule has 0 saturated carbocycles. The molecule has 1 rings (SSSR count). The topological polar surface area (TPSA) is 64.1 Å². The van der Waals surface area contributed by atoms with Gasteiger partial charge in [0.05, 0.1) is 6.61 Å². The molecule has 5 nitrogen and oxygen atoms in total. The molecule has 0 fully saturated rings. The molecule has 100 valence electrons. The molecule has 0 aliphatic carbocycles. The smallest absolute Gasteiger partial charge is 0.323 e. The van der Waals surface area contributed by atoms with Gasteiger partial charge in [-0.1, -0.05) is 18.7 Å². The summed E-state index contributed by atoms with van der Waals surface area (Å²) in [5.41, 5.74) is 0. The van der Waals surface area contributed by atoms with Crippen molar-refractivity contribution in [1.29, 1.82) is 0 Å². The van der Waals surface area contributed by atoms with Gasteiger partial charge in [0.2, 0.25) is 0 Å². The molecule has 1 heterocycles. The van der Waals surface area contributed by atoms with E-state index < -0.39 is 0 Å². The summed E-state index contributed by atoms with van der Waals surface area (Å²) in [5, 5.41) is 3.84. The Morgan fingerprint density at radius 2 is 2.17 bits per heavy atom. The SMILES string of the molecule is CCCNC(CSc1ncccn1)C(=O)OCC. The van der Waals surface area contributed by atoms with Crippen molar-refractivity contribution in [3.8, 4) is 0 Å². The Labute approximate surface area is 112 Å². The lowest BCUT2D eigenvalue weighted by Crippen LogP contribution is -2.40. The van der Waals surface area contributed by atoms with E-state index in [1.165, 1.54) is 11.8 Å². The van der Waals surface area contributed by atoms with Crippen LogP contribution >= 0.6 is 11.8 Å². The molecule has 0 bridgehead atoms. The number of hydrogen-bond acceptors (Lipinski definition) is 6. The monoisotopic (exact) mass is 269 g/mol. The first kappa shape index (κ1) is 14.9. The van der Waals surface area contributed by atoms with E-state index in [4.69, 9.17) is 4.74 Å². The molecule has 0 aliphatic rings. The molecule has 1 aromatic heterocycles. The first-order valence-electron chi connectivity index (χ1n) is 6.07. The maximum absolute atomic E-state index is 11.7. The third-order valence-corrected chi connectivity index (χ3v) is 3.10. The number of thioether (sulfide) groups is 1. The maximum atomic E-state index is 11.7. The largest absolute Gasteiger partial charge is 0.465 e. The predicted molar refractivity (Wildman–Crippen MR) is 71.5 cm³/mol. The van der Waals surface area contributed by atoms with Gasteiger partial charge in [-0.2, -0.15) is 0 Å². The molecule has 6 heteroatoms. The Balaban J connectivity index is 2.47. The highest BCUT2D eigenvalue weighted by Gasteiger charge is 2.19. The molecule has 18 heavy (non-hydrogen) atoms. The molecular weight excluding hydrogens is 250 g/mol. The van der Waals surface area contributed by atoms with Crippen LogP contribution in [0, 0.1) is 0 Å². The van der Waals surface area contributed by atoms with Gasteiger partial charge in [-0.25, -0.2) is 9.97 Å². The van der Waals surface area contributed by atoms with Crippen molar-refractivity contribution >= 4 is 17.7 Å². The molecule has 0 aromatic carbocycles. The molecule has 0 aliphatic heterocycles. The third-order valence-electron chi connectivity index (χ3n) is 2.13. The lowest BCUT2D eigenvalue weighted by atomic mass is 10.3. The Morgan fingerprint density at radius 1 is 1.44 bits per heavy atom. The number of rotatable bonds is 8. The molecule has 0 saturated heterocycles. The van der Waals surface area contributed by atoms with Crippen LogP contribution in [-0.4, -0.2) is 40.9 Å². The number of esters is 1. The van der Waals surface area contributed by atoms with Gasteiger partial charge in [0.15, 0.2) is 5.16 Å². The van der Waals surface area contributed by atoms with E-state index in [0.29, 0.717) is 17.5 Å². The van der Waals surface area contributed by atoms with Crippen LogP contribution in [-0.2, 0) is 9.53 Å². The zero-order chi connectivity index (χ0) is 13.2. The molecule has 0 spiro atoms. The number of nitrogens with zero attached hydrogens (tertiary/aromatic N) is 2. The van der Waals surface area contributed by atoms with Crippen molar-refractivity contribution in [2.75, 3.05) is 18.9 Å². The second-order valence-corrected chi connectivity index (χ2v) is 4.59. The maximum Gasteiger partial charge on any atom is 0.323 e.